The molecule has 35 heavy (non-hydrogen) atoms. The van der Waals surface area contributed by atoms with Crippen LogP contribution in [0.2, 0.25) is 10.0 Å². The van der Waals surface area contributed by atoms with E-state index in [0.717, 1.165) is 18.4 Å². The van der Waals surface area contributed by atoms with Crippen molar-refractivity contribution in [1.29, 1.82) is 0 Å². The van der Waals surface area contributed by atoms with Crippen molar-refractivity contribution < 1.29 is 14.0 Å². The van der Waals surface area contributed by atoms with E-state index in [9.17, 15) is 14.0 Å². The Hall–Kier alpha value is -2.89. The van der Waals surface area contributed by atoms with E-state index in [2.05, 4.69) is 5.32 Å². The molecule has 1 atom stereocenters. The number of halogens is 3. The average Bonchev–Trinajstić information content (AvgIpc) is 2.85. The molecular weight excluding hydrogens is 486 g/mol. The van der Waals surface area contributed by atoms with Gasteiger partial charge >= 0.3 is 0 Å². The first-order valence-corrected chi connectivity index (χ1v) is 12.4. The molecule has 0 saturated carbocycles. The van der Waals surface area contributed by atoms with Crippen molar-refractivity contribution in [1.82, 2.24) is 10.2 Å². The van der Waals surface area contributed by atoms with Gasteiger partial charge in [-0.05, 0) is 35.7 Å². The molecule has 3 aromatic rings. The minimum Gasteiger partial charge on any atom is -0.354 e. The number of nitrogens with one attached hydrogen (secondary N) is 1. The monoisotopic (exact) mass is 514 g/mol. The van der Waals surface area contributed by atoms with Crippen molar-refractivity contribution >= 4 is 35.0 Å². The minimum absolute atomic E-state index is 0.0632. The van der Waals surface area contributed by atoms with Crippen molar-refractivity contribution in [3.8, 4) is 0 Å². The first kappa shape index (κ1) is 26.7. The smallest absolute Gasteiger partial charge is 0.243 e. The van der Waals surface area contributed by atoms with Crippen LogP contribution in [0, 0.1) is 5.82 Å². The molecule has 0 aliphatic heterocycles. The molecule has 0 heterocycles. The first-order valence-electron chi connectivity index (χ1n) is 11.7. The number of unbranched alkanes of at least 4 members (excludes halogenated alkanes) is 1. The Balaban J connectivity index is 1.99. The van der Waals surface area contributed by atoms with E-state index >= 15 is 0 Å². The maximum Gasteiger partial charge on any atom is 0.243 e. The Morgan fingerprint density at radius 1 is 0.943 bits per heavy atom. The molecule has 2 amide bonds. The summed E-state index contributed by atoms with van der Waals surface area (Å²) >= 11 is 12.7. The molecule has 3 aromatic carbocycles. The molecule has 1 N–H and O–H groups in total. The van der Waals surface area contributed by atoms with Crippen LogP contribution in [0.5, 0.6) is 0 Å². The summed E-state index contributed by atoms with van der Waals surface area (Å²) in [5.41, 5.74) is 1.69. The van der Waals surface area contributed by atoms with Crippen LogP contribution in [0.15, 0.2) is 72.8 Å². The second-order valence-electron chi connectivity index (χ2n) is 8.34. The Kier molecular flexibility index (Phi) is 10.1. The van der Waals surface area contributed by atoms with E-state index in [0.29, 0.717) is 27.7 Å². The predicted octanol–water partition coefficient (Wildman–Crippen LogP) is 6.23. The van der Waals surface area contributed by atoms with E-state index in [1.54, 1.807) is 36.4 Å². The number of rotatable bonds is 11. The normalized spacial score (nSPS) is 11.7. The summed E-state index contributed by atoms with van der Waals surface area (Å²) < 4.78 is 14.6. The van der Waals surface area contributed by atoms with Gasteiger partial charge in [0.15, 0.2) is 0 Å². The van der Waals surface area contributed by atoms with E-state index in [-0.39, 0.29) is 31.2 Å². The first-order chi connectivity index (χ1) is 16.9. The lowest BCUT2D eigenvalue weighted by Crippen LogP contribution is -2.51. The summed E-state index contributed by atoms with van der Waals surface area (Å²) in [5, 5.41) is 3.68. The number of carbonyl (C=O) groups is 2. The SMILES string of the molecule is CCCCNC(=O)[C@@H](Cc1ccccc1)N(Cc1ccccc1F)C(=O)Cc1c(Cl)cccc1Cl. The summed E-state index contributed by atoms with van der Waals surface area (Å²) in [5.74, 6) is -1.09. The number of hydrogen-bond donors (Lipinski definition) is 1. The van der Waals surface area contributed by atoms with Crippen molar-refractivity contribution in [3.05, 3.63) is 105 Å². The Labute approximate surface area is 216 Å². The maximum atomic E-state index is 14.6. The summed E-state index contributed by atoms with van der Waals surface area (Å²) in [7, 11) is 0. The molecule has 0 aliphatic rings. The van der Waals surface area contributed by atoms with Crippen LogP contribution in [-0.4, -0.2) is 29.3 Å². The molecule has 4 nitrogen and oxygen atoms in total. The van der Waals surface area contributed by atoms with Crippen LogP contribution in [0.4, 0.5) is 4.39 Å². The Morgan fingerprint density at radius 3 is 2.26 bits per heavy atom. The topological polar surface area (TPSA) is 49.4 Å². The molecule has 7 heteroatoms. The number of amides is 2. The molecule has 0 unspecified atom stereocenters. The number of nitrogens with zero attached hydrogens (tertiary/aromatic N) is 1. The molecule has 184 valence electrons. The molecule has 0 radical (unpaired) electrons. The van der Waals surface area contributed by atoms with Crippen LogP contribution in [-0.2, 0) is 29.0 Å². The summed E-state index contributed by atoms with van der Waals surface area (Å²) in [6, 6.07) is 19.9. The van der Waals surface area contributed by atoms with Crippen molar-refractivity contribution in [2.24, 2.45) is 0 Å². The lowest BCUT2D eigenvalue weighted by Gasteiger charge is -2.32. The average molecular weight is 515 g/mol. The van der Waals surface area contributed by atoms with Crippen LogP contribution in [0.3, 0.4) is 0 Å². The highest BCUT2D eigenvalue weighted by Crippen LogP contribution is 2.26. The van der Waals surface area contributed by atoms with Crippen LogP contribution >= 0.6 is 23.2 Å². The standard InChI is InChI=1S/C28H29Cl2FN2O2/c1-2-3-16-32-28(35)26(17-20-10-5-4-6-11-20)33(19-21-12-7-8-15-25(21)31)27(34)18-22-23(29)13-9-14-24(22)30/h4-15,26H,2-3,16-19H2,1H3,(H,32,35)/t26-/m1/s1. The molecule has 0 aromatic heterocycles. The van der Waals surface area contributed by atoms with Crippen molar-refractivity contribution in [3.63, 3.8) is 0 Å². The highest BCUT2D eigenvalue weighted by atomic mass is 35.5. The maximum absolute atomic E-state index is 14.6. The fourth-order valence-electron chi connectivity index (χ4n) is 3.82. The minimum atomic E-state index is -0.845. The zero-order valence-electron chi connectivity index (χ0n) is 19.6. The van der Waals surface area contributed by atoms with E-state index in [4.69, 9.17) is 23.2 Å². The zero-order valence-corrected chi connectivity index (χ0v) is 21.2. The van der Waals surface area contributed by atoms with Crippen LogP contribution in [0.25, 0.3) is 0 Å². The van der Waals surface area contributed by atoms with Gasteiger partial charge in [0.1, 0.15) is 11.9 Å². The third-order valence-corrected chi connectivity index (χ3v) is 6.50. The highest BCUT2D eigenvalue weighted by Gasteiger charge is 2.31. The Bertz CT molecular complexity index is 1120. The van der Waals surface area contributed by atoms with Gasteiger partial charge in [0.25, 0.3) is 0 Å². The second-order valence-corrected chi connectivity index (χ2v) is 9.15. The van der Waals surface area contributed by atoms with Gasteiger partial charge in [0.05, 0.1) is 6.42 Å². The molecule has 0 aliphatic carbocycles. The van der Waals surface area contributed by atoms with Crippen LogP contribution in [0.1, 0.15) is 36.5 Å². The fourth-order valence-corrected chi connectivity index (χ4v) is 4.36. The summed E-state index contributed by atoms with van der Waals surface area (Å²) in [4.78, 5) is 28.5. The summed E-state index contributed by atoms with van der Waals surface area (Å²) in [6.45, 7) is 2.47. The van der Waals surface area contributed by atoms with Crippen molar-refractivity contribution in [2.75, 3.05) is 6.54 Å². The van der Waals surface area contributed by atoms with E-state index in [1.807, 2.05) is 37.3 Å². The molecule has 0 saturated heterocycles. The molecular formula is C28H29Cl2FN2O2. The van der Waals surface area contributed by atoms with Gasteiger partial charge in [0.2, 0.25) is 11.8 Å². The third kappa shape index (κ3) is 7.55. The van der Waals surface area contributed by atoms with Gasteiger partial charge in [-0.3, -0.25) is 9.59 Å². The van der Waals surface area contributed by atoms with Gasteiger partial charge in [0, 0.05) is 35.1 Å². The van der Waals surface area contributed by atoms with E-state index < -0.39 is 11.9 Å². The third-order valence-electron chi connectivity index (χ3n) is 5.79. The van der Waals surface area contributed by atoms with Gasteiger partial charge < -0.3 is 10.2 Å². The lowest BCUT2D eigenvalue weighted by molar-refractivity contribution is -0.140. The zero-order chi connectivity index (χ0) is 25.2. The molecule has 0 bridgehead atoms. The van der Waals surface area contributed by atoms with Crippen LogP contribution < -0.4 is 5.32 Å². The largest absolute Gasteiger partial charge is 0.354 e. The van der Waals surface area contributed by atoms with Gasteiger partial charge in [-0.2, -0.15) is 0 Å². The number of carbonyl (C=O) groups excluding carboxylic acids is 2. The van der Waals surface area contributed by atoms with Gasteiger partial charge in [-0.1, -0.05) is 91.1 Å². The summed E-state index contributed by atoms with van der Waals surface area (Å²) in [6.07, 6.45) is 1.92. The Morgan fingerprint density at radius 2 is 1.60 bits per heavy atom. The number of hydrogen-bond acceptors (Lipinski definition) is 2. The van der Waals surface area contributed by atoms with Gasteiger partial charge in [-0.15, -0.1) is 0 Å². The molecule has 0 spiro atoms. The van der Waals surface area contributed by atoms with Gasteiger partial charge in [-0.25, -0.2) is 4.39 Å². The van der Waals surface area contributed by atoms with E-state index in [1.165, 1.54) is 11.0 Å². The van der Waals surface area contributed by atoms with Crippen molar-refractivity contribution in [2.45, 2.75) is 45.2 Å². The number of benzene rings is 3. The quantitative estimate of drug-likeness (QED) is 0.308. The highest BCUT2D eigenvalue weighted by molar-refractivity contribution is 6.36. The lowest BCUT2D eigenvalue weighted by atomic mass is 10.0. The molecule has 3 rings (SSSR count). The second kappa shape index (κ2) is 13.3. The molecule has 0 fully saturated rings. The fraction of sp³-hybridized carbons (Fsp3) is 0.286. The predicted molar refractivity (Wildman–Crippen MR) is 139 cm³/mol.